The zero-order valence-corrected chi connectivity index (χ0v) is 10.8. The molecule has 0 unspecified atom stereocenters. The van der Waals surface area contributed by atoms with Crippen LogP contribution in [0.5, 0.6) is 0 Å². The van der Waals surface area contributed by atoms with Gasteiger partial charge in [0.05, 0.1) is 19.4 Å². The van der Waals surface area contributed by atoms with Crippen LogP contribution in [0.2, 0.25) is 0 Å². The van der Waals surface area contributed by atoms with Gasteiger partial charge in [0.2, 0.25) is 0 Å². The minimum Gasteiger partial charge on any atom is -0.370 e. The molecule has 2 amide bonds. The summed E-state index contributed by atoms with van der Waals surface area (Å²) in [4.78, 5) is 13.0. The number of carbonyl (C=O) groups excluding carboxylic acids is 1. The highest BCUT2D eigenvalue weighted by molar-refractivity contribution is 7.11. The Labute approximate surface area is 109 Å². The number of ether oxygens (including phenoxy) is 1. The topological polar surface area (TPSA) is 81.2 Å². The number of primary amides is 1. The van der Waals surface area contributed by atoms with Gasteiger partial charge in [0.1, 0.15) is 19.6 Å². The molecule has 2 heterocycles. The lowest BCUT2D eigenvalue weighted by Gasteiger charge is -2.23. The van der Waals surface area contributed by atoms with Crippen molar-refractivity contribution in [1.82, 2.24) is 5.43 Å². The number of carbonyl (C=O) groups is 1. The molecule has 98 valence electrons. The van der Waals surface area contributed by atoms with E-state index in [1.807, 2.05) is 0 Å². The number of thiophene rings is 1. The zero-order valence-electron chi connectivity index (χ0n) is 10.0. The summed E-state index contributed by atoms with van der Waals surface area (Å²) in [5.41, 5.74) is 8.38. The number of amides is 2. The summed E-state index contributed by atoms with van der Waals surface area (Å²) in [6, 6.07) is 1.43. The third-order valence-electron chi connectivity index (χ3n) is 2.69. The van der Waals surface area contributed by atoms with Crippen LogP contribution in [0.15, 0.2) is 16.5 Å². The van der Waals surface area contributed by atoms with Crippen LogP contribution in [0, 0.1) is 0 Å². The molecule has 1 aliphatic heterocycles. The molecule has 0 radical (unpaired) electrons. The average Bonchev–Trinajstić information content (AvgIpc) is 2.78. The first-order chi connectivity index (χ1) is 8.74. The first kappa shape index (κ1) is 13.0. The molecule has 0 aliphatic carbocycles. The predicted octanol–water partition coefficient (Wildman–Crippen LogP) is -0.835. The van der Waals surface area contributed by atoms with E-state index in [1.54, 1.807) is 17.6 Å². The standard InChI is InChI=1S/C11H16N4O2S/c12-11(16)14-13-6-10-5-9(8-18-10)7-15-1-3-17-4-2-15/h5-6,8H,1-4,7H2,(H3,12,14,16)/p+1/b13-6-. The lowest BCUT2D eigenvalue weighted by atomic mass is 10.3. The van der Waals surface area contributed by atoms with E-state index in [9.17, 15) is 4.79 Å². The fourth-order valence-corrected chi connectivity index (χ4v) is 2.61. The molecule has 1 aromatic rings. The Hall–Kier alpha value is -1.44. The first-order valence-corrected chi connectivity index (χ1v) is 6.69. The van der Waals surface area contributed by atoms with E-state index in [-0.39, 0.29) is 0 Å². The molecule has 4 N–H and O–H groups in total. The summed E-state index contributed by atoms with van der Waals surface area (Å²) in [6.07, 6.45) is 1.60. The monoisotopic (exact) mass is 269 g/mol. The molecule has 1 aliphatic rings. The Balaban J connectivity index is 1.85. The molecule has 18 heavy (non-hydrogen) atoms. The quantitative estimate of drug-likeness (QED) is 0.492. The van der Waals surface area contributed by atoms with Crippen molar-refractivity contribution in [2.24, 2.45) is 10.8 Å². The molecule has 6 nitrogen and oxygen atoms in total. The van der Waals surface area contributed by atoms with Gasteiger partial charge in [-0.3, -0.25) is 0 Å². The van der Waals surface area contributed by atoms with Crippen molar-refractivity contribution in [3.05, 3.63) is 21.9 Å². The first-order valence-electron chi connectivity index (χ1n) is 5.81. The SMILES string of the molecule is NC(=O)N/N=C\c1cc(C[NH+]2CCOCC2)cs1. The maximum atomic E-state index is 10.4. The van der Waals surface area contributed by atoms with Crippen molar-refractivity contribution in [1.29, 1.82) is 0 Å². The van der Waals surface area contributed by atoms with Crippen molar-refractivity contribution < 1.29 is 14.4 Å². The molecule has 1 aromatic heterocycles. The van der Waals surface area contributed by atoms with Crippen molar-refractivity contribution in [2.45, 2.75) is 6.54 Å². The summed E-state index contributed by atoms with van der Waals surface area (Å²) < 4.78 is 5.33. The lowest BCUT2D eigenvalue weighted by Crippen LogP contribution is -3.12. The molecule has 2 rings (SSSR count). The van der Waals surface area contributed by atoms with Gasteiger partial charge >= 0.3 is 6.03 Å². The third-order valence-corrected chi connectivity index (χ3v) is 3.61. The van der Waals surface area contributed by atoms with E-state index in [0.29, 0.717) is 0 Å². The minimum atomic E-state index is -0.652. The maximum absolute atomic E-state index is 10.4. The van der Waals surface area contributed by atoms with Gasteiger partial charge in [-0.05, 0) is 6.07 Å². The van der Waals surface area contributed by atoms with Gasteiger partial charge in [-0.2, -0.15) is 5.10 Å². The molecule has 1 fully saturated rings. The number of hydrogen-bond acceptors (Lipinski definition) is 4. The highest BCUT2D eigenvalue weighted by Gasteiger charge is 2.14. The van der Waals surface area contributed by atoms with Crippen LogP contribution in [0.4, 0.5) is 4.79 Å². The van der Waals surface area contributed by atoms with Crippen LogP contribution in [0.25, 0.3) is 0 Å². The number of urea groups is 1. The molecule has 0 aromatic carbocycles. The second kappa shape index (κ2) is 6.48. The molecule has 0 spiro atoms. The van der Waals surface area contributed by atoms with Crippen molar-refractivity contribution in [2.75, 3.05) is 26.3 Å². The Morgan fingerprint density at radius 1 is 1.61 bits per heavy atom. The summed E-state index contributed by atoms with van der Waals surface area (Å²) in [5.74, 6) is 0. The number of nitrogens with one attached hydrogen (secondary N) is 2. The number of nitrogens with zero attached hydrogens (tertiary/aromatic N) is 1. The highest BCUT2D eigenvalue weighted by Crippen LogP contribution is 2.11. The summed E-state index contributed by atoms with van der Waals surface area (Å²) in [6.45, 7) is 4.81. The normalized spacial score (nSPS) is 17.1. The van der Waals surface area contributed by atoms with Gasteiger partial charge in [0.25, 0.3) is 0 Å². The van der Waals surface area contributed by atoms with E-state index < -0.39 is 6.03 Å². The second-order valence-corrected chi connectivity index (χ2v) is 5.07. The average molecular weight is 269 g/mol. The van der Waals surface area contributed by atoms with E-state index in [2.05, 4.69) is 22.0 Å². The molecule has 0 atom stereocenters. The van der Waals surface area contributed by atoms with Gasteiger partial charge in [-0.15, -0.1) is 11.3 Å². The van der Waals surface area contributed by atoms with E-state index in [1.165, 1.54) is 10.5 Å². The highest BCUT2D eigenvalue weighted by atomic mass is 32.1. The van der Waals surface area contributed by atoms with Crippen molar-refractivity contribution in [3.63, 3.8) is 0 Å². The van der Waals surface area contributed by atoms with Gasteiger partial charge in [0, 0.05) is 15.8 Å². The minimum absolute atomic E-state index is 0.652. The number of quaternary nitrogens is 1. The number of morpholine rings is 1. The zero-order chi connectivity index (χ0) is 12.8. The van der Waals surface area contributed by atoms with Crippen molar-refractivity contribution in [3.8, 4) is 0 Å². The summed E-state index contributed by atoms with van der Waals surface area (Å²) >= 11 is 1.60. The molecular formula is C11H17N4O2S+. The van der Waals surface area contributed by atoms with Crippen molar-refractivity contribution >= 4 is 23.6 Å². The number of rotatable bonds is 4. The van der Waals surface area contributed by atoms with Crippen LogP contribution in [-0.4, -0.2) is 38.5 Å². The predicted molar refractivity (Wildman–Crippen MR) is 69.9 cm³/mol. The molecule has 1 saturated heterocycles. The Morgan fingerprint density at radius 3 is 3.11 bits per heavy atom. The van der Waals surface area contributed by atoms with Crippen LogP contribution in [0.1, 0.15) is 10.4 Å². The summed E-state index contributed by atoms with van der Waals surface area (Å²) in [7, 11) is 0. The van der Waals surface area contributed by atoms with E-state index in [4.69, 9.17) is 10.5 Å². The smallest absolute Gasteiger partial charge is 0.332 e. The van der Waals surface area contributed by atoms with E-state index >= 15 is 0 Å². The van der Waals surface area contributed by atoms with Gasteiger partial charge < -0.3 is 15.4 Å². The van der Waals surface area contributed by atoms with Crippen LogP contribution >= 0.6 is 11.3 Å². The van der Waals surface area contributed by atoms with Gasteiger partial charge in [-0.1, -0.05) is 0 Å². The van der Waals surface area contributed by atoms with E-state index in [0.717, 1.165) is 37.7 Å². The van der Waals surface area contributed by atoms with Gasteiger partial charge in [0.15, 0.2) is 0 Å². The second-order valence-electron chi connectivity index (χ2n) is 4.13. The fourth-order valence-electron chi connectivity index (χ4n) is 1.84. The Bertz CT molecular complexity index is 426. The third kappa shape index (κ3) is 4.10. The molecule has 7 heteroatoms. The van der Waals surface area contributed by atoms with Crippen LogP contribution < -0.4 is 16.1 Å². The number of hydrogen-bond donors (Lipinski definition) is 3. The lowest BCUT2D eigenvalue weighted by molar-refractivity contribution is -0.921. The molecule has 0 saturated carbocycles. The van der Waals surface area contributed by atoms with Crippen LogP contribution in [0.3, 0.4) is 0 Å². The fraction of sp³-hybridized carbons (Fsp3) is 0.455. The Morgan fingerprint density at radius 2 is 2.39 bits per heavy atom. The van der Waals surface area contributed by atoms with Crippen LogP contribution in [-0.2, 0) is 11.3 Å². The Kier molecular flexibility index (Phi) is 4.68. The summed E-state index contributed by atoms with van der Waals surface area (Å²) in [5, 5.41) is 5.85. The molecule has 0 bridgehead atoms. The van der Waals surface area contributed by atoms with Gasteiger partial charge in [-0.25, -0.2) is 10.2 Å². The number of nitrogens with two attached hydrogens (primary N) is 1. The number of hydrazone groups is 1. The maximum Gasteiger partial charge on any atom is 0.332 e. The largest absolute Gasteiger partial charge is 0.370 e. The molecular weight excluding hydrogens is 252 g/mol.